The quantitative estimate of drug-likeness (QED) is 0.840. The van der Waals surface area contributed by atoms with E-state index in [1.165, 1.54) is 6.07 Å². The maximum absolute atomic E-state index is 13.9. The van der Waals surface area contributed by atoms with Gasteiger partial charge < -0.3 is 4.98 Å². The van der Waals surface area contributed by atoms with Crippen molar-refractivity contribution >= 4 is 11.0 Å². The summed E-state index contributed by atoms with van der Waals surface area (Å²) in [4.78, 5) is 16.9. The molecule has 1 aromatic carbocycles. The van der Waals surface area contributed by atoms with E-state index in [0.29, 0.717) is 11.0 Å². The van der Waals surface area contributed by atoms with Crippen LogP contribution in [0.4, 0.5) is 4.39 Å². The van der Waals surface area contributed by atoms with Gasteiger partial charge in [-0.1, -0.05) is 6.07 Å². The van der Waals surface area contributed by atoms with Crippen molar-refractivity contribution in [2.75, 3.05) is 13.6 Å². The van der Waals surface area contributed by atoms with E-state index >= 15 is 0 Å². The average molecular weight is 249 g/mol. The summed E-state index contributed by atoms with van der Waals surface area (Å²) in [5.74, 6) is -0.343. The van der Waals surface area contributed by atoms with E-state index in [-0.39, 0.29) is 17.7 Å². The number of piperidine rings is 1. The van der Waals surface area contributed by atoms with Crippen molar-refractivity contribution in [1.82, 2.24) is 14.5 Å². The molecule has 0 aliphatic carbocycles. The van der Waals surface area contributed by atoms with E-state index in [4.69, 9.17) is 0 Å². The van der Waals surface area contributed by atoms with Gasteiger partial charge in [0.05, 0.1) is 11.7 Å². The van der Waals surface area contributed by atoms with Crippen LogP contribution in [0.2, 0.25) is 0 Å². The lowest BCUT2D eigenvalue weighted by Gasteiger charge is -2.33. The Labute approximate surface area is 104 Å². The summed E-state index contributed by atoms with van der Waals surface area (Å²) in [6, 6.07) is 4.75. The van der Waals surface area contributed by atoms with Gasteiger partial charge in [-0.05, 0) is 45.0 Å². The fraction of sp³-hybridized carbons (Fsp3) is 0.462. The Morgan fingerprint density at radius 3 is 3.00 bits per heavy atom. The number of hydrogen-bond acceptors (Lipinski definition) is 2. The predicted octanol–water partition coefficient (Wildman–Crippen LogP) is 2.08. The van der Waals surface area contributed by atoms with Crippen LogP contribution in [0.25, 0.3) is 11.0 Å². The van der Waals surface area contributed by atoms with E-state index in [2.05, 4.69) is 9.88 Å². The first-order valence-corrected chi connectivity index (χ1v) is 6.27. The lowest BCUT2D eigenvalue weighted by atomic mass is 10.1. The number of likely N-dealkylation sites (tertiary alicyclic amines) is 1. The number of benzene rings is 1. The molecule has 18 heavy (non-hydrogen) atoms. The van der Waals surface area contributed by atoms with Gasteiger partial charge in [-0.3, -0.25) is 9.47 Å². The van der Waals surface area contributed by atoms with E-state index in [1.54, 1.807) is 16.7 Å². The van der Waals surface area contributed by atoms with Crippen LogP contribution in [0.1, 0.15) is 25.4 Å². The third-order valence-electron chi connectivity index (χ3n) is 3.72. The Hall–Kier alpha value is -1.62. The van der Waals surface area contributed by atoms with E-state index in [9.17, 15) is 9.18 Å². The van der Waals surface area contributed by atoms with E-state index < -0.39 is 0 Å². The third-order valence-corrected chi connectivity index (χ3v) is 3.72. The summed E-state index contributed by atoms with van der Waals surface area (Å²) in [7, 11) is 1.98. The highest BCUT2D eigenvalue weighted by atomic mass is 19.1. The van der Waals surface area contributed by atoms with Crippen molar-refractivity contribution in [2.45, 2.75) is 25.4 Å². The number of fused-ring (bicyclic) bond motifs is 1. The van der Waals surface area contributed by atoms with Crippen molar-refractivity contribution in [2.24, 2.45) is 0 Å². The number of nitrogens with zero attached hydrogens (tertiary/aromatic N) is 2. The van der Waals surface area contributed by atoms with Crippen LogP contribution in [-0.2, 0) is 0 Å². The van der Waals surface area contributed by atoms with Gasteiger partial charge in [0, 0.05) is 0 Å². The molecule has 1 fully saturated rings. The lowest BCUT2D eigenvalue weighted by molar-refractivity contribution is 0.127. The molecule has 2 aromatic rings. The molecule has 5 heteroatoms. The van der Waals surface area contributed by atoms with Gasteiger partial charge in [0.25, 0.3) is 0 Å². The maximum atomic E-state index is 13.9. The number of nitrogens with one attached hydrogen (secondary N) is 1. The Morgan fingerprint density at radius 1 is 1.39 bits per heavy atom. The molecule has 0 saturated carbocycles. The summed E-state index contributed by atoms with van der Waals surface area (Å²) < 4.78 is 15.5. The molecule has 0 spiro atoms. The van der Waals surface area contributed by atoms with Gasteiger partial charge in [0.2, 0.25) is 0 Å². The highest BCUT2D eigenvalue weighted by molar-refractivity contribution is 5.75. The first-order chi connectivity index (χ1) is 8.68. The fourth-order valence-electron chi connectivity index (χ4n) is 2.81. The molecule has 96 valence electrons. The van der Waals surface area contributed by atoms with Crippen molar-refractivity contribution in [3.05, 3.63) is 34.5 Å². The highest BCUT2D eigenvalue weighted by Gasteiger charge is 2.25. The molecular formula is C13H16FN3O. The first kappa shape index (κ1) is 11.5. The Morgan fingerprint density at radius 2 is 2.22 bits per heavy atom. The monoisotopic (exact) mass is 249 g/mol. The summed E-state index contributed by atoms with van der Waals surface area (Å²) in [5.41, 5.74) is 0.731. The second-order valence-corrected chi connectivity index (χ2v) is 4.89. The highest BCUT2D eigenvalue weighted by Crippen LogP contribution is 2.27. The third kappa shape index (κ3) is 1.66. The molecule has 0 bridgehead atoms. The molecule has 0 amide bonds. The van der Waals surface area contributed by atoms with Gasteiger partial charge in [0.1, 0.15) is 11.3 Å². The number of halogens is 1. The van der Waals surface area contributed by atoms with Crippen molar-refractivity contribution in [3.8, 4) is 0 Å². The van der Waals surface area contributed by atoms with E-state index in [1.807, 2.05) is 7.05 Å². The smallest absolute Gasteiger partial charge is 0.305 e. The minimum absolute atomic E-state index is 0.0445. The number of para-hydroxylation sites is 1. The molecule has 3 rings (SSSR count). The number of aromatic nitrogens is 2. The summed E-state index contributed by atoms with van der Waals surface area (Å²) in [6.45, 7) is 0.943. The molecule has 1 aromatic heterocycles. The topological polar surface area (TPSA) is 41.0 Å². The van der Waals surface area contributed by atoms with Crippen LogP contribution in [0.5, 0.6) is 0 Å². The van der Waals surface area contributed by atoms with Gasteiger partial charge in [0.15, 0.2) is 0 Å². The molecule has 1 N–H and O–H groups in total. The molecule has 4 nitrogen and oxygen atoms in total. The standard InChI is InChI=1S/C13H16FN3O/c1-16-8-3-2-7-11(16)17-12-9(14)5-4-6-10(12)15-13(17)18/h4-6,11H,2-3,7-8H2,1H3,(H,15,18). The van der Waals surface area contributed by atoms with Gasteiger partial charge >= 0.3 is 5.69 Å². The molecule has 0 radical (unpaired) electrons. The van der Waals surface area contributed by atoms with Crippen molar-refractivity contribution in [3.63, 3.8) is 0 Å². The van der Waals surface area contributed by atoms with Crippen LogP contribution in [0.15, 0.2) is 23.0 Å². The van der Waals surface area contributed by atoms with Crippen LogP contribution < -0.4 is 5.69 Å². The lowest BCUT2D eigenvalue weighted by Crippen LogP contribution is -2.37. The second kappa shape index (κ2) is 4.24. The summed E-state index contributed by atoms with van der Waals surface area (Å²) in [5, 5.41) is 0. The first-order valence-electron chi connectivity index (χ1n) is 6.27. The number of aromatic amines is 1. The zero-order valence-electron chi connectivity index (χ0n) is 10.3. The average Bonchev–Trinajstić information content (AvgIpc) is 2.68. The summed E-state index contributed by atoms with van der Waals surface area (Å²) >= 11 is 0. The second-order valence-electron chi connectivity index (χ2n) is 4.89. The number of hydrogen-bond donors (Lipinski definition) is 1. The zero-order valence-corrected chi connectivity index (χ0v) is 10.3. The van der Waals surface area contributed by atoms with Crippen LogP contribution in [0.3, 0.4) is 0 Å². The Kier molecular flexibility index (Phi) is 2.70. The van der Waals surface area contributed by atoms with Gasteiger partial charge in [-0.25, -0.2) is 9.18 Å². The molecule has 1 saturated heterocycles. The van der Waals surface area contributed by atoms with Crippen LogP contribution >= 0.6 is 0 Å². The minimum atomic E-state index is -0.343. The Balaban J connectivity index is 2.21. The maximum Gasteiger partial charge on any atom is 0.327 e. The molecule has 1 aliphatic heterocycles. The molecule has 2 heterocycles. The predicted molar refractivity (Wildman–Crippen MR) is 68.0 cm³/mol. The number of rotatable bonds is 1. The Bertz CT molecular complexity index is 631. The fourth-order valence-corrected chi connectivity index (χ4v) is 2.81. The van der Waals surface area contributed by atoms with E-state index in [0.717, 1.165) is 25.8 Å². The number of H-pyrrole nitrogens is 1. The summed E-state index contributed by atoms with van der Waals surface area (Å²) in [6.07, 6.45) is 3.05. The SMILES string of the molecule is CN1CCCCC1n1c(=O)[nH]c2cccc(F)c21. The van der Waals surface area contributed by atoms with Crippen molar-refractivity contribution < 1.29 is 4.39 Å². The number of imidazole rings is 1. The molecule has 1 atom stereocenters. The zero-order chi connectivity index (χ0) is 12.7. The largest absolute Gasteiger partial charge is 0.327 e. The van der Waals surface area contributed by atoms with Crippen molar-refractivity contribution in [1.29, 1.82) is 0 Å². The van der Waals surface area contributed by atoms with Crippen LogP contribution in [0, 0.1) is 5.82 Å². The molecule has 1 aliphatic rings. The molecular weight excluding hydrogens is 233 g/mol. The normalized spacial score (nSPS) is 21.6. The molecule has 1 unspecified atom stereocenters. The van der Waals surface area contributed by atoms with Gasteiger partial charge in [-0.2, -0.15) is 0 Å². The van der Waals surface area contributed by atoms with Gasteiger partial charge in [-0.15, -0.1) is 0 Å². The minimum Gasteiger partial charge on any atom is -0.305 e. The van der Waals surface area contributed by atoms with Crippen LogP contribution in [-0.4, -0.2) is 28.0 Å².